The highest BCUT2D eigenvalue weighted by Crippen LogP contribution is 2.21. The van der Waals surface area contributed by atoms with Crippen molar-refractivity contribution in [3.05, 3.63) is 48.3 Å². The van der Waals surface area contributed by atoms with E-state index in [0.29, 0.717) is 11.6 Å². The van der Waals surface area contributed by atoms with Crippen LogP contribution in [0.3, 0.4) is 0 Å². The van der Waals surface area contributed by atoms with E-state index < -0.39 is 0 Å². The predicted octanol–water partition coefficient (Wildman–Crippen LogP) is 2.47. The van der Waals surface area contributed by atoms with E-state index >= 15 is 0 Å². The molecule has 1 amide bonds. The minimum Gasteiger partial charge on any atom is -0.274 e. The summed E-state index contributed by atoms with van der Waals surface area (Å²) in [5.41, 5.74) is 0.865. The van der Waals surface area contributed by atoms with Crippen LogP contribution in [0, 0.1) is 6.92 Å². The summed E-state index contributed by atoms with van der Waals surface area (Å²) in [4.78, 5) is 21.7. The van der Waals surface area contributed by atoms with E-state index in [-0.39, 0.29) is 5.91 Å². The molecule has 2 aromatic rings. The molecule has 4 nitrogen and oxygen atoms in total. The molecule has 0 radical (unpaired) electrons. The number of carbonyl (C=O) groups is 1. The van der Waals surface area contributed by atoms with Crippen molar-refractivity contribution < 1.29 is 4.79 Å². The number of aromatic nitrogens is 2. The fourth-order valence-electron chi connectivity index (χ4n) is 1.58. The second-order valence-electron chi connectivity index (χ2n) is 3.68. The minimum atomic E-state index is -0.109. The van der Waals surface area contributed by atoms with E-state index in [1.54, 1.807) is 18.3 Å². The van der Waals surface area contributed by atoms with Gasteiger partial charge >= 0.3 is 0 Å². The molecule has 0 aliphatic carbocycles. The Hall–Kier alpha value is -2.23. The standard InChI is InChI=1S/C13H13N3O/c1-10-6-5-8-13(15-10)16(11(2)17)12-7-3-4-9-14-12/h3-9H,1-2H3. The van der Waals surface area contributed by atoms with Gasteiger partial charge in [-0.2, -0.15) is 0 Å². The molecule has 2 heterocycles. The number of aryl methyl sites for hydroxylation is 1. The molecule has 0 N–H and O–H groups in total. The van der Waals surface area contributed by atoms with Crippen LogP contribution in [0.25, 0.3) is 0 Å². The molecule has 2 rings (SSSR count). The van der Waals surface area contributed by atoms with Crippen LogP contribution >= 0.6 is 0 Å². The molecule has 17 heavy (non-hydrogen) atoms. The van der Waals surface area contributed by atoms with Gasteiger partial charge in [-0.15, -0.1) is 0 Å². The van der Waals surface area contributed by atoms with Crippen LogP contribution in [0.2, 0.25) is 0 Å². The zero-order valence-corrected chi connectivity index (χ0v) is 9.79. The molecule has 0 fully saturated rings. The van der Waals surface area contributed by atoms with Crippen molar-refractivity contribution in [1.29, 1.82) is 0 Å². The maximum atomic E-state index is 11.7. The first-order chi connectivity index (χ1) is 8.18. The average molecular weight is 227 g/mol. The average Bonchev–Trinajstić information content (AvgIpc) is 2.30. The highest BCUT2D eigenvalue weighted by Gasteiger charge is 2.15. The van der Waals surface area contributed by atoms with Crippen LogP contribution in [0.15, 0.2) is 42.6 Å². The van der Waals surface area contributed by atoms with Gasteiger partial charge in [-0.1, -0.05) is 12.1 Å². The maximum absolute atomic E-state index is 11.7. The Bertz CT molecular complexity index is 525. The Balaban J connectivity index is 2.47. The number of amides is 1. The summed E-state index contributed by atoms with van der Waals surface area (Å²) in [6.45, 7) is 3.39. The van der Waals surface area contributed by atoms with Gasteiger partial charge in [0.05, 0.1) is 0 Å². The fourth-order valence-corrected chi connectivity index (χ4v) is 1.58. The molecule has 86 valence electrons. The number of hydrogen-bond donors (Lipinski definition) is 0. The lowest BCUT2D eigenvalue weighted by molar-refractivity contribution is -0.115. The monoisotopic (exact) mass is 227 g/mol. The third-order valence-electron chi connectivity index (χ3n) is 2.30. The van der Waals surface area contributed by atoms with Crippen LogP contribution in [-0.2, 0) is 4.79 Å². The third-order valence-corrected chi connectivity index (χ3v) is 2.30. The van der Waals surface area contributed by atoms with Gasteiger partial charge in [0.25, 0.3) is 0 Å². The zero-order valence-electron chi connectivity index (χ0n) is 9.79. The second-order valence-corrected chi connectivity index (χ2v) is 3.68. The number of nitrogens with zero attached hydrogens (tertiary/aromatic N) is 3. The zero-order chi connectivity index (χ0) is 12.3. The van der Waals surface area contributed by atoms with Crippen molar-refractivity contribution in [3.8, 4) is 0 Å². The summed E-state index contributed by atoms with van der Waals surface area (Å²) in [7, 11) is 0. The van der Waals surface area contributed by atoms with Crippen molar-refractivity contribution in [2.24, 2.45) is 0 Å². The lowest BCUT2D eigenvalue weighted by atomic mass is 10.3. The molecule has 0 aliphatic rings. The minimum absolute atomic E-state index is 0.109. The van der Waals surface area contributed by atoms with Gasteiger partial charge in [-0.3, -0.25) is 4.79 Å². The quantitative estimate of drug-likeness (QED) is 0.791. The van der Waals surface area contributed by atoms with E-state index in [2.05, 4.69) is 9.97 Å². The van der Waals surface area contributed by atoms with Gasteiger partial charge in [-0.25, -0.2) is 14.9 Å². The topological polar surface area (TPSA) is 46.1 Å². The molecule has 0 atom stereocenters. The summed E-state index contributed by atoms with van der Waals surface area (Å²) in [6.07, 6.45) is 1.65. The van der Waals surface area contributed by atoms with Gasteiger partial charge in [0, 0.05) is 18.8 Å². The summed E-state index contributed by atoms with van der Waals surface area (Å²) in [5, 5.41) is 0. The molecule has 0 bridgehead atoms. The molecule has 0 saturated heterocycles. The van der Waals surface area contributed by atoms with Gasteiger partial charge < -0.3 is 0 Å². The Labute approximate surface area is 99.9 Å². The van der Waals surface area contributed by atoms with Crippen LogP contribution in [-0.4, -0.2) is 15.9 Å². The van der Waals surface area contributed by atoms with Crippen LogP contribution in [0.1, 0.15) is 12.6 Å². The first-order valence-electron chi connectivity index (χ1n) is 5.34. The lowest BCUT2D eigenvalue weighted by Gasteiger charge is -2.18. The van der Waals surface area contributed by atoms with E-state index in [9.17, 15) is 4.79 Å². The predicted molar refractivity (Wildman–Crippen MR) is 66.0 cm³/mol. The fraction of sp³-hybridized carbons (Fsp3) is 0.154. The van der Waals surface area contributed by atoms with Crippen LogP contribution in [0.4, 0.5) is 11.6 Å². The van der Waals surface area contributed by atoms with Crippen molar-refractivity contribution in [3.63, 3.8) is 0 Å². The first-order valence-corrected chi connectivity index (χ1v) is 5.34. The number of pyridine rings is 2. The van der Waals surface area contributed by atoms with Crippen LogP contribution < -0.4 is 4.90 Å². The van der Waals surface area contributed by atoms with E-state index in [1.165, 1.54) is 11.8 Å². The number of carbonyl (C=O) groups excluding carboxylic acids is 1. The second kappa shape index (κ2) is 4.74. The summed E-state index contributed by atoms with van der Waals surface area (Å²) >= 11 is 0. The molecule has 0 saturated carbocycles. The van der Waals surface area contributed by atoms with Crippen molar-refractivity contribution in [2.45, 2.75) is 13.8 Å². The molecular formula is C13H13N3O. The Morgan fingerprint density at radius 3 is 2.47 bits per heavy atom. The van der Waals surface area contributed by atoms with E-state index in [1.807, 2.05) is 31.2 Å². The summed E-state index contributed by atoms with van der Waals surface area (Å²) in [5.74, 6) is 1.07. The SMILES string of the molecule is CC(=O)N(c1ccccn1)c1cccc(C)n1. The maximum Gasteiger partial charge on any atom is 0.230 e. The molecule has 0 aliphatic heterocycles. The van der Waals surface area contributed by atoms with E-state index in [4.69, 9.17) is 0 Å². The summed E-state index contributed by atoms with van der Waals surface area (Å²) < 4.78 is 0. The Morgan fingerprint density at radius 2 is 1.88 bits per heavy atom. The normalized spacial score (nSPS) is 10.0. The molecule has 4 heteroatoms. The van der Waals surface area contributed by atoms with Gasteiger partial charge in [-0.05, 0) is 31.2 Å². The molecule has 2 aromatic heterocycles. The van der Waals surface area contributed by atoms with Crippen molar-refractivity contribution in [2.75, 3.05) is 4.90 Å². The van der Waals surface area contributed by atoms with Crippen molar-refractivity contribution in [1.82, 2.24) is 9.97 Å². The van der Waals surface area contributed by atoms with Crippen LogP contribution in [0.5, 0.6) is 0 Å². The molecule has 0 aromatic carbocycles. The molecular weight excluding hydrogens is 214 g/mol. The largest absolute Gasteiger partial charge is 0.274 e. The smallest absolute Gasteiger partial charge is 0.230 e. The molecule has 0 unspecified atom stereocenters. The molecule has 0 spiro atoms. The van der Waals surface area contributed by atoms with Gasteiger partial charge in [0.15, 0.2) is 0 Å². The highest BCUT2D eigenvalue weighted by atomic mass is 16.2. The van der Waals surface area contributed by atoms with E-state index in [0.717, 1.165) is 5.69 Å². The third kappa shape index (κ3) is 2.47. The first kappa shape index (κ1) is 11.3. The summed E-state index contributed by atoms with van der Waals surface area (Å²) in [6, 6.07) is 11.0. The Kier molecular flexibility index (Phi) is 3.14. The highest BCUT2D eigenvalue weighted by molar-refractivity contribution is 5.97. The number of hydrogen-bond acceptors (Lipinski definition) is 3. The number of rotatable bonds is 2. The number of anilines is 2. The van der Waals surface area contributed by atoms with Gasteiger partial charge in [0.1, 0.15) is 11.6 Å². The lowest BCUT2D eigenvalue weighted by Crippen LogP contribution is -2.24. The van der Waals surface area contributed by atoms with Gasteiger partial charge in [0.2, 0.25) is 5.91 Å². The Morgan fingerprint density at radius 1 is 1.12 bits per heavy atom. The van der Waals surface area contributed by atoms with Crippen molar-refractivity contribution >= 4 is 17.5 Å².